The molecule has 1 aromatic heterocycles. The van der Waals surface area contributed by atoms with Crippen LogP contribution in [0.5, 0.6) is 0 Å². The first-order valence-electron chi connectivity index (χ1n) is 5.25. The van der Waals surface area contributed by atoms with Gasteiger partial charge in [-0.15, -0.1) is 0 Å². The first-order chi connectivity index (χ1) is 7.20. The second-order valence-electron chi connectivity index (χ2n) is 3.98. The van der Waals surface area contributed by atoms with Crippen molar-refractivity contribution in [3.63, 3.8) is 0 Å². The van der Waals surface area contributed by atoms with Crippen LogP contribution in [0, 0.1) is 5.92 Å². The number of hydrogen-bond donors (Lipinski definition) is 2. The Labute approximate surface area is 94.2 Å². The molecule has 5 heteroatoms. The molecule has 2 atom stereocenters. The molecule has 0 bridgehead atoms. The van der Waals surface area contributed by atoms with Gasteiger partial charge in [-0.25, -0.2) is 4.98 Å². The standard InChI is InChI=1S/C10H15ClN4/c1-2-3-6-4-8(6)14-9-7(12)5-13-10(11)15-9/h5-6,8H,2-4,12H2,1H3,(H,13,14,15). The highest BCUT2D eigenvalue weighted by Gasteiger charge is 2.36. The summed E-state index contributed by atoms with van der Waals surface area (Å²) in [6.07, 6.45) is 5.23. The van der Waals surface area contributed by atoms with Gasteiger partial charge in [-0.2, -0.15) is 4.98 Å². The number of aromatic nitrogens is 2. The highest BCUT2D eigenvalue weighted by Crippen LogP contribution is 2.37. The van der Waals surface area contributed by atoms with E-state index in [1.54, 1.807) is 0 Å². The molecule has 0 radical (unpaired) electrons. The summed E-state index contributed by atoms with van der Waals surface area (Å²) < 4.78 is 0. The quantitative estimate of drug-likeness (QED) is 0.774. The van der Waals surface area contributed by atoms with Crippen molar-refractivity contribution in [3.05, 3.63) is 11.5 Å². The van der Waals surface area contributed by atoms with Crippen molar-refractivity contribution in [2.45, 2.75) is 32.2 Å². The maximum Gasteiger partial charge on any atom is 0.224 e. The van der Waals surface area contributed by atoms with Crippen LogP contribution < -0.4 is 11.1 Å². The van der Waals surface area contributed by atoms with Gasteiger partial charge in [-0.1, -0.05) is 13.3 Å². The summed E-state index contributed by atoms with van der Waals surface area (Å²) in [5.41, 5.74) is 6.30. The normalized spacial score (nSPS) is 23.9. The minimum Gasteiger partial charge on any atom is -0.394 e. The van der Waals surface area contributed by atoms with Crippen LogP contribution in [0.3, 0.4) is 0 Å². The van der Waals surface area contributed by atoms with Gasteiger partial charge in [0, 0.05) is 6.04 Å². The monoisotopic (exact) mass is 226 g/mol. The van der Waals surface area contributed by atoms with Crippen molar-refractivity contribution < 1.29 is 0 Å². The van der Waals surface area contributed by atoms with Crippen molar-refractivity contribution in [2.24, 2.45) is 5.92 Å². The summed E-state index contributed by atoms with van der Waals surface area (Å²) in [7, 11) is 0. The van der Waals surface area contributed by atoms with Crippen LogP contribution in [0.2, 0.25) is 5.28 Å². The number of rotatable bonds is 4. The number of halogens is 1. The molecule has 2 unspecified atom stereocenters. The zero-order chi connectivity index (χ0) is 10.8. The third-order valence-corrected chi connectivity index (χ3v) is 2.87. The van der Waals surface area contributed by atoms with Crippen molar-refractivity contribution in [3.8, 4) is 0 Å². The number of hydrogen-bond acceptors (Lipinski definition) is 4. The van der Waals surface area contributed by atoms with E-state index in [9.17, 15) is 0 Å². The van der Waals surface area contributed by atoms with Crippen LogP contribution in [-0.2, 0) is 0 Å². The van der Waals surface area contributed by atoms with E-state index in [1.807, 2.05) is 0 Å². The van der Waals surface area contributed by atoms with E-state index in [-0.39, 0.29) is 5.28 Å². The van der Waals surface area contributed by atoms with Gasteiger partial charge in [0.1, 0.15) is 0 Å². The lowest BCUT2D eigenvalue weighted by molar-refractivity contribution is 0.692. The summed E-state index contributed by atoms with van der Waals surface area (Å²) in [6.45, 7) is 2.20. The first-order valence-corrected chi connectivity index (χ1v) is 5.63. The van der Waals surface area contributed by atoms with Gasteiger partial charge in [0.05, 0.1) is 11.9 Å². The molecule has 1 aliphatic rings. The Morgan fingerprint density at radius 1 is 1.67 bits per heavy atom. The fourth-order valence-corrected chi connectivity index (χ4v) is 1.91. The molecule has 2 rings (SSSR count). The Hall–Kier alpha value is -1.03. The maximum absolute atomic E-state index is 5.74. The smallest absolute Gasteiger partial charge is 0.224 e. The Morgan fingerprint density at radius 3 is 3.20 bits per heavy atom. The third kappa shape index (κ3) is 2.50. The molecule has 0 aliphatic heterocycles. The van der Waals surface area contributed by atoms with E-state index in [4.69, 9.17) is 17.3 Å². The van der Waals surface area contributed by atoms with Gasteiger partial charge in [0.2, 0.25) is 5.28 Å². The number of anilines is 2. The Bertz CT molecular complexity index is 355. The van der Waals surface area contributed by atoms with Gasteiger partial charge in [-0.3, -0.25) is 0 Å². The lowest BCUT2D eigenvalue weighted by Crippen LogP contribution is -2.09. The molecule has 15 heavy (non-hydrogen) atoms. The molecule has 3 N–H and O–H groups in total. The van der Waals surface area contributed by atoms with Crippen molar-refractivity contribution in [2.75, 3.05) is 11.1 Å². The maximum atomic E-state index is 5.74. The zero-order valence-electron chi connectivity index (χ0n) is 8.70. The minimum absolute atomic E-state index is 0.236. The van der Waals surface area contributed by atoms with E-state index >= 15 is 0 Å². The molecule has 1 heterocycles. The SMILES string of the molecule is CCCC1CC1Nc1nc(Cl)ncc1N. The van der Waals surface area contributed by atoms with Gasteiger partial charge in [-0.05, 0) is 30.4 Å². The summed E-state index contributed by atoms with van der Waals surface area (Å²) in [4.78, 5) is 7.88. The van der Waals surface area contributed by atoms with Gasteiger partial charge >= 0.3 is 0 Å². The molecule has 1 saturated carbocycles. The summed E-state index contributed by atoms with van der Waals surface area (Å²) in [5.74, 6) is 1.43. The van der Waals surface area contributed by atoms with Crippen molar-refractivity contribution in [1.29, 1.82) is 0 Å². The molecule has 0 aromatic carbocycles. The molecule has 1 fully saturated rings. The van der Waals surface area contributed by atoms with Crippen molar-refractivity contribution in [1.82, 2.24) is 9.97 Å². The Kier molecular flexibility index (Phi) is 2.95. The van der Waals surface area contributed by atoms with Crippen LogP contribution in [-0.4, -0.2) is 16.0 Å². The fraction of sp³-hybridized carbons (Fsp3) is 0.600. The van der Waals surface area contributed by atoms with Gasteiger partial charge in [0.15, 0.2) is 5.82 Å². The molecule has 0 spiro atoms. The Morgan fingerprint density at radius 2 is 2.47 bits per heavy atom. The third-order valence-electron chi connectivity index (χ3n) is 2.69. The highest BCUT2D eigenvalue weighted by molar-refractivity contribution is 6.28. The van der Waals surface area contributed by atoms with E-state index in [2.05, 4.69) is 22.2 Å². The number of nitrogen functional groups attached to an aromatic ring is 1. The average Bonchev–Trinajstić information content (AvgIpc) is 2.91. The molecule has 0 saturated heterocycles. The number of nitrogens with one attached hydrogen (secondary N) is 1. The zero-order valence-corrected chi connectivity index (χ0v) is 9.46. The molecule has 1 aliphatic carbocycles. The van der Waals surface area contributed by atoms with Gasteiger partial charge in [0.25, 0.3) is 0 Å². The fourth-order valence-electron chi connectivity index (χ4n) is 1.78. The molecule has 0 amide bonds. The lowest BCUT2D eigenvalue weighted by atomic mass is 10.2. The summed E-state index contributed by atoms with van der Waals surface area (Å²) >= 11 is 5.70. The predicted molar refractivity (Wildman–Crippen MR) is 61.9 cm³/mol. The highest BCUT2D eigenvalue weighted by atomic mass is 35.5. The van der Waals surface area contributed by atoms with Crippen LogP contribution in [0.25, 0.3) is 0 Å². The molecular formula is C10H15ClN4. The van der Waals surface area contributed by atoms with Crippen LogP contribution in [0.1, 0.15) is 26.2 Å². The number of nitrogens with zero attached hydrogens (tertiary/aromatic N) is 2. The van der Waals surface area contributed by atoms with E-state index in [0.717, 1.165) is 5.92 Å². The average molecular weight is 227 g/mol. The largest absolute Gasteiger partial charge is 0.394 e. The second-order valence-corrected chi connectivity index (χ2v) is 4.32. The molecular weight excluding hydrogens is 212 g/mol. The minimum atomic E-state index is 0.236. The van der Waals surface area contributed by atoms with Crippen LogP contribution in [0.15, 0.2) is 6.20 Å². The lowest BCUT2D eigenvalue weighted by Gasteiger charge is -2.07. The topological polar surface area (TPSA) is 63.8 Å². The first kappa shape index (κ1) is 10.5. The predicted octanol–water partition coefficient (Wildman–Crippen LogP) is 2.31. The van der Waals surface area contributed by atoms with Crippen molar-refractivity contribution >= 4 is 23.1 Å². The molecule has 4 nitrogen and oxygen atoms in total. The molecule has 1 aromatic rings. The Balaban J connectivity index is 1.97. The van der Waals surface area contributed by atoms with Crippen LogP contribution in [0.4, 0.5) is 11.5 Å². The van der Waals surface area contributed by atoms with E-state index < -0.39 is 0 Å². The van der Waals surface area contributed by atoms with Gasteiger partial charge < -0.3 is 11.1 Å². The van der Waals surface area contributed by atoms with E-state index in [1.165, 1.54) is 25.5 Å². The number of nitrogens with two attached hydrogens (primary N) is 1. The summed E-state index contributed by atoms with van der Waals surface area (Å²) in [5, 5.41) is 3.53. The van der Waals surface area contributed by atoms with Crippen LogP contribution >= 0.6 is 11.6 Å². The summed E-state index contributed by atoms with van der Waals surface area (Å²) in [6, 6.07) is 0.512. The second kappa shape index (κ2) is 4.23. The van der Waals surface area contributed by atoms with E-state index in [0.29, 0.717) is 17.5 Å². The molecule has 82 valence electrons.